The van der Waals surface area contributed by atoms with Crippen molar-refractivity contribution in [3.8, 4) is 0 Å². The van der Waals surface area contributed by atoms with Gasteiger partial charge in [0.15, 0.2) is 0 Å². The van der Waals surface area contributed by atoms with Crippen LogP contribution in [0.5, 0.6) is 0 Å². The van der Waals surface area contributed by atoms with Crippen molar-refractivity contribution in [2.24, 2.45) is 0 Å². The molecule has 0 saturated heterocycles. The Morgan fingerprint density at radius 3 is 2.46 bits per heavy atom. The molecule has 1 aromatic heterocycles. The molecule has 2 amide bonds. The van der Waals surface area contributed by atoms with Crippen LogP contribution in [0.3, 0.4) is 0 Å². The number of carbonyl (C=O) groups is 1. The number of anilines is 1. The summed E-state index contributed by atoms with van der Waals surface area (Å²) >= 11 is 3.19. The van der Waals surface area contributed by atoms with Crippen molar-refractivity contribution in [1.29, 1.82) is 0 Å². The number of aryl methyl sites for hydroxylation is 1. The summed E-state index contributed by atoms with van der Waals surface area (Å²) in [5.74, 6) is 0. The molecule has 0 unspecified atom stereocenters. The van der Waals surface area contributed by atoms with E-state index < -0.39 is 0 Å². The minimum absolute atomic E-state index is 0.0341. The molecule has 1 heterocycles. The lowest BCUT2D eigenvalue weighted by molar-refractivity contribution is 0.240. The van der Waals surface area contributed by atoms with E-state index in [2.05, 4.69) is 45.9 Å². The normalized spacial score (nSPS) is 15.8. The average molecular weight is 416 g/mol. The summed E-state index contributed by atoms with van der Waals surface area (Å²) in [5, 5.41) is 7.09. The van der Waals surface area contributed by atoms with Gasteiger partial charge in [-0.25, -0.2) is 9.78 Å². The molecule has 4 nitrogen and oxygen atoms in total. The van der Waals surface area contributed by atoms with Gasteiger partial charge in [-0.3, -0.25) is 0 Å². The number of aromatic nitrogens is 1. The molecule has 1 fully saturated rings. The van der Waals surface area contributed by atoms with Crippen molar-refractivity contribution in [3.05, 3.63) is 47.7 Å². The molecule has 0 aliphatic heterocycles. The standard InChI is InChI=1S/C22H29N3OS2/c1-16-14-23-20(28-3)18(19(16)27-2)25-21(26)24-15-22(12-8-5-9-13-22)17-10-6-4-7-11-17/h4,6-7,10-11,14H,5,8-9,12-13,15H2,1-3H3,(H2,24,25,26). The summed E-state index contributed by atoms with van der Waals surface area (Å²) in [5.41, 5.74) is 3.26. The topological polar surface area (TPSA) is 54.0 Å². The van der Waals surface area contributed by atoms with Gasteiger partial charge in [0.2, 0.25) is 0 Å². The van der Waals surface area contributed by atoms with Crippen LogP contribution in [0.4, 0.5) is 10.5 Å². The maximum absolute atomic E-state index is 12.8. The molecule has 0 atom stereocenters. The van der Waals surface area contributed by atoms with Gasteiger partial charge in [-0.2, -0.15) is 0 Å². The molecule has 1 saturated carbocycles. The molecule has 1 aliphatic carbocycles. The van der Waals surface area contributed by atoms with Crippen molar-refractivity contribution < 1.29 is 4.79 Å². The molecular weight excluding hydrogens is 386 g/mol. The predicted molar refractivity (Wildman–Crippen MR) is 121 cm³/mol. The maximum Gasteiger partial charge on any atom is 0.319 e. The number of benzene rings is 1. The van der Waals surface area contributed by atoms with Crippen molar-refractivity contribution in [2.75, 3.05) is 24.4 Å². The molecule has 1 aromatic carbocycles. The van der Waals surface area contributed by atoms with Crippen LogP contribution in [-0.4, -0.2) is 30.1 Å². The van der Waals surface area contributed by atoms with Gasteiger partial charge in [-0.1, -0.05) is 49.6 Å². The third-order valence-electron chi connectivity index (χ3n) is 5.59. The number of hydrogen-bond acceptors (Lipinski definition) is 4. The molecule has 2 N–H and O–H groups in total. The summed E-state index contributed by atoms with van der Waals surface area (Å²) in [4.78, 5) is 18.4. The van der Waals surface area contributed by atoms with Gasteiger partial charge in [-0.15, -0.1) is 23.5 Å². The highest BCUT2D eigenvalue weighted by Gasteiger charge is 2.34. The van der Waals surface area contributed by atoms with Crippen molar-refractivity contribution in [2.45, 2.75) is 54.4 Å². The summed E-state index contributed by atoms with van der Waals surface area (Å²) < 4.78 is 0. The van der Waals surface area contributed by atoms with E-state index in [1.807, 2.05) is 25.6 Å². The molecule has 150 valence electrons. The lowest BCUT2D eigenvalue weighted by atomic mass is 9.69. The van der Waals surface area contributed by atoms with Crippen LogP contribution in [0, 0.1) is 6.92 Å². The Bertz CT molecular complexity index is 805. The zero-order valence-electron chi connectivity index (χ0n) is 16.9. The fourth-order valence-electron chi connectivity index (χ4n) is 4.10. The third kappa shape index (κ3) is 4.66. The number of rotatable bonds is 6. The van der Waals surface area contributed by atoms with Crippen LogP contribution < -0.4 is 10.6 Å². The minimum Gasteiger partial charge on any atom is -0.337 e. The molecule has 2 aromatic rings. The van der Waals surface area contributed by atoms with E-state index in [9.17, 15) is 4.79 Å². The Morgan fingerprint density at radius 2 is 1.82 bits per heavy atom. The number of urea groups is 1. The fourth-order valence-corrected chi connectivity index (χ4v) is 5.40. The van der Waals surface area contributed by atoms with Crippen molar-refractivity contribution >= 4 is 35.2 Å². The Morgan fingerprint density at radius 1 is 1.11 bits per heavy atom. The molecule has 1 aliphatic rings. The molecule has 28 heavy (non-hydrogen) atoms. The number of pyridine rings is 1. The number of nitrogens with one attached hydrogen (secondary N) is 2. The molecular formula is C22H29N3OS2. The van der Waals surface area contributed by atoms with Gasteiger partial charge in [0.25, 0.3) is 0 Å². The Balaban J connectivity index is 1.75. The van der Waals surface area contributed by atoms with Crippen LogP contribution >= 0.6 is 23.5 Å². The SMILES string of the molecule is CSc1ncc(C)c(SC)c1NC(=O)NCC1(c2ccccc2)CCCCC1. The van der Waals surface area contributed by atoms with Gasteiger partial charge in [-0.05, 0) is 43.4 Å². The first-order chi connectivity index (χ1) is 13.6. The number of thioether (sulfide) groups is 2. The van der Waals surface area contributed by atoms with Crippen LogP contribution in [0.15, 0.2) is 46.5 Å². The Kier molecular flexibility index (Phi) is 7.30. The average Bonchev–Trinajstić information content (AvgIpc) is 2.74. The number of hydrogen-bond donors (Lipinski definition) is 2. The van der Waals surface area contributed by atoms with Gasteiger partial charge < -0.3 is 10.6 Å². The molecule has 3 rings (SSSR count). The number of carbonyl (C=O) groups excluding carboxylic acids is 1. The second-order valence-corrected chi connectivity index (χ2v) is 8.98. The molecule has 6 heteroatoms. The smallest absolute Gasteiger partial charge is 0.319 e. The van der Waals surface area contributed by atoms with Gasteiger partial charge >= 0.3 is 6.03 Å². The fraction of sp³-hybridized carbons (Fsp3) is 0.455. The van der Waals surface area contributed by atoms with E-state index in [4.69, 9.17) is 0 Å². The van der Waals surface area contributed by atoms with Gasteiger partial charge in [0, 0.05) is 23.1 Å². The second-order valence-electron chi connectivity index (χ2n) is 7.37. The molecule has 0 bridgehead atoms. The quantitative estimate of drug-likeness (QED) is 0.580. The van der Waals surface area contributed by atoms with Crippen LogP contribution in [0.2, 0.25) is 0 Å². The summed E-state index contributed by atoms with van der Waals surface area (Å²) in [7, 11) is 0. The van der Waals surface area contributed by atoms with Gasteiger partial charge in [0.1, 0.15) is 5.03 Å². The van der Waals surface area contributed by atoms with E-state index in [0.717, 1.165) is 34.0 Å². The zero-order chi connectivity index (χ0) is 20.0. The van der Waals surface area contributed by atoms with Crippen molar-refractivity contribution in [1.82, 2.24) is 10.3 Å². The zero-order valence-corrected chi connectivity index (χ0v) is 18.5. The van der Waals surface area contributed by atoms with E-state index in [1.54, 1.807) is 23.5 Å². The first-order valence-corrected chi connectivity index (χ1v) is 12.2. The van der Waals surface area contributed by atoms with Crippen LogP contribution in [0.25, 0.3) is 0 Å². The highest BCUT2D eigenvalue weighted by molar-refractivity contribution is 7.99. The van der Waals surface area contributed by atoms with Crippen molar-refractivity contribution in [3.63, 3.8) is 0 Å². The van der Waals surface area contributed by atoms with E-state index >= 15 is 0 Å². The second kappa shape index (κ2) is 9.70. The summed E-state index contributed by atoms with van der Waals surface area (Å²) in [6.45, 7) is 2.68. The Hall–Kier alpha value is -1.66. The first-order valence-electron chi connectivity index (χ1n) is 9.77. The largest absolute Gasteiger partial charge is 0.337 e. The maximum atomic E-state index is 12.8. The minimum atomic E-state index is -0.154. The highest BCUT2D eigenvalue weighted by Crippen LogP contribution is 2.39. The third-order valence-corrected chi connectivity index (χ3v) is 7.23. The van der Waals surface area contributed by atoms with E-state index in [0.29, 0.717) is 6.54 Å². The Labute approximate surface area is 176 Å². The van der Waals surface area contributed by atoms with Crippen LogP contribution in [-0.2, 0) is 5.41 Å². The highest BCUT2D eigenvalue weighted by atomic mass is 32.2. The summed E-state index contributed by atoms with van der Waals surface area (Å²) in [6.07, 6.45) is 11.8. The number of nitrogens with zero attached hydrogens (tertiary/aromatic N) is 1. The first kappa shape index (κ1) is 21.1. The predicted octanol–water partition coefficient (Wildman–Crippen LogP) is 5.86. The lowest BCUT2D eigenvalue weighted by Gasteiger charge is -2.38. The van der Waals surface area contributed by atoms with Crippen LogP contribution in [0.1, 0.15) is 43.2 Å². The summed E-state index contributed by atoms with van der Waals surface area (Å²) in [6, 6.07) is 10.5. The van der Waals surface area contributed by atoms with E-state index in [-0.39, 0.29) is 11.4 Å². The van der Waals surface area contributed by atoms with Gasteiger partial charge in [0.05, 0.1) is 5.69 Å². The number of amides is 2. The monoisotopic (exact) mass is 415 g/mol. The van der Waals surface area contributed by atoms with E-state index in [1.165, 1.54) is 24.8 Å². The molecule has 0 radical (unpaired) electrons. The lowest BCUT2D eigenvalue weighted by Crippen LogP contribution is -2.43. The molecule has 0 spiro atoms.